The smallest absolute Gasteiger partial charge is 0.333 e. The van der Waals surface area contributed by atoms with Crippen molar-refractivity contribution in [2.45, 2.75) is 44.2 Å². The van der Waals surface area contributed by atoms with Gasteiger partial charge < -0.3 is 4.74 Å². The Balaban J connectivity index is 2.13. The third-order valence-electron chi connectivity index (χ3n) is 3.64. The zero-order chi connectivity index (χ0) is 11.8. The van der Waals surface area contributed by atoms with E-state index in [9.17, 15) is 9.59 Å². The molecule has 0 aromatic heterocycles. The second-order valence-corrected chi connectivity index (χ2v) is 4.83. The van der Waals surface area contributed by atoms with Crippen LogP contribution in [-0.4, -0.2) is 23.7 Å². The fraction of sp³-hybridized carbons (Fsp3) is 0.667. The predicted octanol–water partition coefficient (Wildman–Crippen LogP) is 1.75. The van der Waals surface area contributed by atoms with Crippen molar-refractivity contribution < 1.29 is 14.3 Å². The maximum absolute atomic E-state index is 11.5. The average molecular weight is 221 g/mol. The van der Waals surface area contributed by atoms with E-state index in [0.717, 1.165) is 25.7 Å². The van der Waals surface area contributed by atoms with Crippen LogP contribution in [0.5, 0.6) is 0 Å². The summed E-state index contributed by atoms with van der Waals surface area (Å²) in [5.74, 6) is 0.137. The van der Waals surface area contributed by atoms with Crippen molar-refractivity contribution in [1.82, 2.24) is 0 Å². The van der Waals surface area contributed by atoms with E-state index in [1.807, 2.05) is 0 Å². The Kier molecular flexibility index (Phi) is 2.68. The molecule has 0 aliphatic heterocycles. The van der Waals surface area contributed by atoms with Crippen molar-refractivity contribution in [3.8, 4) is 0 Å². The van der Waals surface area contributed by atoms with Crippen molar-refractivity contribution in [1.29, 1.82) is 0 Å². The van der Waals surface area contributed by atoms with Gasteiger partial charge >= 0.3 is 5.97 Å². The van der Waals surface area contributed by atoms with Crippen LogP contribution in [-0.2, 0) is 14.3 Å². The van der Waals surface area contributed by atoms with E-state index >= 15 is 0 Å². The molecule has 3 unspecified atom stereocenters. The Hall–Kier alpha value is -1.41. The summed E-state index contributed by atoms with van der Waals surface area (Å²) in [6, 6.07) is 0. The zero-order valence-electron chi connectivity index (χ0n) is 9.36. The molecule has 0 spiro atoms. The first kappa shape index (κ1) is 11.1. The van der Waals surface area contributed by atoms with E-state index in [4.69, 9.17) is 4.74 Å². The summed E-state index contributed by atoms with van der Waals surface area (Å²) in [6.07, 6.45) is 4.89. The Morgan fingerprint density at radius 2 is 2.38 bits per heavy atom. The quantitative estimate of drug-likeness (QED) is 0.316. The predicted molar refractivity (Wildman–Crippen MR) is 57.5 cm³/mol. The molecular weight excluding hydrogens is 206 g/mol. The number of nitrogens with zero attached hydrogens (tertiary/aromatic N) is 1. The number of carbonyl (C=O) groups excluding carboxylic acids is 2. The Labute approximate surface area is 94.4 Å². The number of isocyanates is 1. The normalized spacial score (nSPS) is 35.6. The van der Waals surface area contributed by atoms with E-state index in [2.05, 4.69) is 11.6 Å². The summed E-state index contributed by atoms with van der Waals surface area (Å²) in [7, 11) is 0. The van der Waals surface area contributed by atoms with Gasteiger partial charge in [-0.25, -0.2) is 9.59 Å². The molecule has 0 aromatic rings. The van der Waals surface area contributed by atoms with E-state index < -0.39 is 11.5 Å². The van der Waals surface area contributed by atoms with Crippen LogP contribution in [0, 0.1) is 5.92 Å². The molecule has 0 N–H and O–H groups in total. The van der Waals surface area contributed by atoms with Crippen LogP contribution < -0.4 is 0 Å². The van der Waals surface area contributed by atoms with E-state index in [1.54, 1.807) is 13.0 Å². The highest BCUT2D eigenvalue weighted by Gasteiger charge is 2.54. The lowest BCUT2D eigenvalue weighted by molar-refractivity contribution is -0.147. The van der Waals surface area contributed by atoms with Gasteiger partial charge in [-0.15, -0.1) is 0 Å². The van der Waals surface area contributed by atoms with Gasteiger partial charge in [-0.3, -0.25) is 0 Å². The number of esters is 1. The highest BCUT2D eigenvalue weighted by molar-refractivity contribution is 5.87. The molecule has 0 heterocycles. The summed E-state index contributed by atoms with van der Waals surface area (Å²) >= 11 is 0. The summed E-state index contributed by atoms with van der Waals surface area (Å²) < 4.78 is 5.35. The Morgan fingerprint density at radius 3 is 2.94 bits per heavy atom. The molecule has 86 valence electrons. The number of rotatable bonds is 3. The highest BCUT2D eigenvalue weighted by atomic mass is 16.5. The Morgan fingerprint density at radius 1 is 1.62 bits per heavy atom. The maximum atomic E-state index is 11.5. The number of fused-ring (bicyclic) bond motifs is 2. The molecule has 0 saturated heterocycles. The molecule has 2 aliphatic rings. The average Bonchev–Trinajstić information content (AvgIpc) is 2.75. The van der Waals surface area contributed by atoms with Crippen LogP contribution in [0.1, 0.15) is 32.6 Å². The molecule has 4 heteroatoms. The SMILES string of the molecule is C=C(C)C(=O)OC1CC2CCC1(N=C=O)C2. The second-order valence-electron chi connectivity index (χ2n) is 4.83. The molecule has 2 aliphatic carbocycles. The minimum Gasteiger partial charge on any atom is -0.456 e. The summed E-state index contributed by atoms with van der Waals surface area (Å²) in [5, 5.41) is 0. The highest BCUT2D eigenvalue weighted by Crippen LogP contribution is 2.51. The first-order chi connectivity index (χ1) is 7.57. The van der Waals surface area contributed by atoms with Gasteiger partial charge in [-0.1, -0.05) is 6.58 Å². The first-order valence-electron chi connectivity index (χ1n) is 5.53. The molecule has 4 nitrogen and oxygen atoms in total. The van der Waals surface area contributed by atoms with Gasteiger partial charge in [0, 0.05) is 5.57 Å². The van der Waals surface area contributed by atoms with Crippen LogP contribution in [0.4, 0.5) is 0 Å². The third-order valence-corrected chi connectivity index (χ3v) is 3.64. The summed E-state index contributed by atoms with van der Waals surface area (Å²) in [5.41, 5.74) is -0.106. The first-order valence-corrected chi connectivity index (χ1v) is 5.53. The van der Waals surface area contributed by atoms with E-state index in [0.29, 0.717) is 11.5 Å². The lowest BCUT2D eigenvalue weighted by atomic mass is 9.91. The molecule has 2 rings (SSSR count). The van der Waals surface area contributed by atoms with Crippen molar-refractivity contribution in [3.05, 3.63) is 12.2 Å². The molecular formula is C12H15NO3. The maximum Gasteiger partial charge on any atom is 0.333 e. The molecule has 3 atom stereocenters. The minimum absolute atomic E-state index is 0.267. The number of aliphatic imine (C=N–C) groups is 1. The van der Waals surface area contributed by atoms with Gasteiger partial charge in [0.1, 0.15) is 11.6 Å². The van der Waals surface area contributed by atoms with Crippen molar-refractivity contribution in [2.24, 2.45) is 10.9 Å². The largest absolute Gasteiger partial charge is 0.456 e. The number of ether oxygens (including phenoxy) is 1. The lowest BCUT2D eigenvalue weighted by Gasteiger charge is -2.29. The summed E-state index contributed by atoms with van der Waals surface area (Å²) in [4.78, 5) is 25.8. The van der Waals surface area contributed by atoms with E-state index in [1.165, 1.54) is 0 Å². The zero-order valence-corrected chi connectivity index (χ0v) is 9.36. The Bertz CT molecular complexity index is 384. The van der Waals surface area contributed by atoms with Crippen molar-refractivity contribution in [3.63, 3.8) is 0 Å². The number of carbonyl (C=O) groups is 1. The molecule has 2 fully saturated rings. The minimum atomic E-state index is -0.489. The fourth-order valence-corrected chi connectivity index (χ4v) is 2.83. The van der Waals surface area contributed by atoms with Crippen LogP contribution in [0.15, 0.2) is 17.1 Å². The topological polar surface area (TPSA) is 55.7 Å². The van der Waals surface area contributed by atoms with Gasteiger partial charge in [0.05, 0.1) is 0 Å². The number of hydrogen-bond acceptors (Lipinski definition) is 4. The molecule has 0 aromatic carbocycles. The second kappa shape index (κ2) is 3.87. The van der Waals surface area contributed by atoms with Gasteiger partial charge in [0.2, 0.25) is 6.08 Å². The van der Waals surface area contributed by atoms with Crippen molar-refractivity contribution in [2.75, 3.05) is 0 Å². The molecule has 0 amide bonds. The van der Waals surface area contributed by atoms with Crippen molar-refractivity contribution >= 4 is 12.0 Å². The standard InChI is InChI=1S/C12H15NO3/c1-8(2)11(15)16-10-5-9-3-4-12(10,6-9)13-7-14/h9-10H,1,3-6H2,2H3. The molecule has 16 heavy (non-hydrogen) atoms. The van der Waals surface area contributed by atoms with Crippen LogP contribution in [0.2, 0.25) is 0 Å². The van der Waals surface area contributed by atoms with Crippen LogP contribution >= 0.6 is 0 Å². The summed E-state index contributed by atoms with van der Waals surface area (Å²) in [6.45, 7) is 5.16. The van der Waals surface area contributed by atoms with Gasteiger partial charge in [0.15, 0.2) is 0 Å². The molecule has 2 bridgehead atoms. The van der Waals surface area contributed by atoms with Gasteiger partial charge in [-0.2, -0.15) is 4.99 Å². The lowest BCUT2D eigenvalue weighted by Crippen LogP contribution is -2.38. The molecule has 0 radical (unpaired) electrons. The van der Waals surface area contributed by atoms with Gasteiger partial charge in [-0.05, 0) is 38.5 Å². The van der Waals surface area contributed by atoms with Gasteiger partial charge in [0.25, 0.3) is 0 Å². The van der Waals surface area contributed by atoms with Crippen LogP contribution in [0.3, 0.4) is 0 Å². The molecule has 2 saturated carbocycles. The fourth-order valence-electron chi connectivity index (χ4n) is 2.83. The van der Waals surface area contributed by atoms with E-state index in [-0.39, 0.29) is 6.10 Å². The van der Waals surface area contributed by atoms with Crippen LogP contribution in [0.25, 0.3) is 0 Å². The third kappa shape index (κ3) is 1.69. The monoisotopic (exact) mass is 221 g/mol. The number of hydrogen-bond donors (Lipinski definition) is 0.